The van der Waals surface area contributed by atoms with Gasteiger partial charge in [0, 0.05) is 31.5 Å². The Balaban J connectivity index is 1.73. The van der Waals surface area contributed by atoms with Gasteiger partial charge in [-0.3, -0.25) is 4.79 Å². The summed E-state index contributed by atoms with van der Waals surface area (Å²) in [6, 6.07) is 0.499. The van der Waals surface area contributed by atoms with E-state index in [1.54, 1.807) is 0 Å². The van der Waals surface area contributed by atoms with Crippen molar-refractivity contribution in [3.05, 3.63) is 0 Å². The van der Waals surface area contributed by atoms with E-state index in [0.29, 0.717) is 36.3 Å². The van der Waals surface area contributed by atoms with Crippen molar-refractivity contribution >= 4 is 17.5 Å². The smallest absolute Gasteiger partial charge is 0.223 e. The van der Waals surface area contributed by atoms with E-state index in [1.165, 1.54) is 19.3 Å². The number of carbonyl (C=O) groups excluding carboxylic acids is 1. The summed E-state index contributed by atoms with van der Waals surface area (Å²) in [6.07, 6.45) is 7.79. The Morgan fingerprint density at radius 1 is 1.37 bits per heavy atom. The zero-order valence-electron chi connectivity index (χ0n) is 11.9. The number of carbonyl (C=O) groups is 1. The number of hydrogen-bond acceptors (Lipinski definition) is 2. The molecule has 0 aliphatic heterocycles. The molecule has 1 amide bonds. The molecule has 2 saturated carbocycles. The normalized spacial score (nSPS) is 26.6. The average molecular weight is 288 g/mol. The van der Waals surface area contributed by atoms with Gasteiger partial charge in [0.1, 0.15) is 0 Å². The van der Waals surface area contributed by atoms with Gasteiger partial charge in [-0.25, -0.2) is 0 Å². The van der Waals surface area contributed by atoms with Crippen LogP contribution in [0.15, 0.2) is 0 Å². The van der Waals surface area contributed by atoms with E-state index >= 15 is 0 Å². The summed E-state index contributed by atoms with van der Waals surface area (Å²) in [6.45, 7) is 3.66. The van der Waals surface area contributed by atoms with Crippen LogP contribution in [0.4, 0.5) is 0 Å². The van der Waals surface area contributed by atoms with Gasteiger partial charge < -0.3 is 9.64 Å². The van der Waals surface area contributed by atoms with Crippen molar-refractivity contribution in [1.82, 2.24) is 4.90 Å². The molecule has 0 unspecified atom stereocenters. The van der Waals surface area contributed by atoms with Crippen LogP contribution in [-0.2, 0) is 9.53 Å². The maximum Gasteiger partial charge on any atom is 0.223 e. The zero-order valence-corrected chi connectivity index (χ0v) is 12.7. The topological polar surface area (TPSA) is 29.5 Å². The van der Waals surface area contributed by atoms with Crippen LogP contribution >= 0.6 is 11.6 Å². The van der Waals surface area contributed by atoms with Crippen LogP contribution in [0, 0.1) is 5.92 Å². The highest BCUT2D eigenvalue weighted by molar-refractivity contribution is 6.17. The minimum absolute atomic E-state index is 0.342. The van der Waals surface area contributed by atoms with Crippen LogP contribution in [0.1, 0.15) is 51.9 Å². The van der Waals surface area contributed by atoms with Crippen LogP contribution in [0.2, 0.25) is 0 Å². The Morgan fingerprint density at radius 3 is 2.63 bits per heavy atom. The van der Waals surface area contributed by atoms with Gasteiger partial charge in [0.2, 0.25) is 5.91 Å². The molecule has 0 spiro atoms. The molecular weight excluding hydrogens is 262 g/mol. The lowest BCUT2D eigenvalue weighted by Crippen LogP contribution is -2.46. The molecule has 0 aromatic heterocycles. The van der Waals surface area contributed by atoms with Crippen molar-refractivity contribution in [1.29, 1.82) is 0 Å². The summed E-state index contributed by atoms with van der Waals surface area (Å²) < 4.78 is 5.55. The van der Waals surface area contributed by atoms with Gasteiger partial charge >= 0.3 is 0 Å². The SMILES string of the molecule is CCOC1CC(CC(=O)N(CCCCl)C2CCC2)C1. The minimum Gasteiger partial charge on any atom is -0.378 e. The van der Waals surface area contributed by atoms with E-state index in [-0.39, 0.29) is 0 Å². The summed E-state index contributed by atoms with van der Waals surface area (Å²) in [5, 5.41) is 0. The third-order valence-electron chi connectivity index (χ3n) is 4.43. The molecule has 4 heteroatoms. The molecule has 110 valence electrons. The summed E-state index contributed by atoms with van der Waals surface area (Å²) in [5.41, 5.74) is 0. The molecule has 0 bridgehead atoms. The molecule has 0 aromatic rings. The third kappa shape index (κ3) is 4.09. The number of ether oxygens (including phenoxy) is 1. The Bertz CT molecular complexity index is 288. The molecule has 0 heterocycles. The first-order valence-electron chi connectivity index (χ1n) is 7.71. The molecule has 2 aliphatic carbocycles. The molecule has 0 N–H and O–H groups in total. The van der Waals surface area contributed by atoms with Crippen LogP contribution in [-0.4, -0.2) is 42.0 Å². The molecule has 0 saturated heterocycles. The minimum atomic E-state index is 0.342. The second kappa shape index (κ2) is 7.49. The van der Waals surface area contributed by atoms with E-state index in [0.717, 1.165) is 32.4 Å². The predicted octanol–water partition coefficient (Wildman–Crippen LogP) is 3.20. The second-order valence-corrected chi connectivity index (χ2v) is 6.21. The number of alkyl halides is 1. The number of rotatable bonds is 8. The van der Waals surface area contributed by atoms with Gasteiger partial charge in [0.05, 0.1) is 6.10 Å². The van der Waals surface area contributed by atoms with Crippen molar-refractivity contribution in [2.24, 2.45) is 5.92 Å². The lowest BCUT2D eigenvalue weighted by molar-refractivity contribution is -0.138. The molecule has 2 rings (SSSR count). The molecule has 2 aliphatic rings. The fourth-order valence-electron chi connectivity index (χ4n) is 3.02. The lowest BCUT2D eigenvalue weighted by atomic mass is 9.79. The summed E-state index contributed by atoms with van der Waals surface area (Å²) >= 11 is 5.76. The first kappa shape index (κ1) is 15.1. The predicted molar refractivity (Wildman–Crippen MR) is 77.4 cm³/mol. The van der Waals surface area contributed by atoms with Crippen molar-refractivity contribution in [2.45, 2.75) is 64.0 Å². The molecule has 0 aromatic carbocycles. The second-order valence-electron chi connectivity index (χ2n) is 5.83. The largest absolute Gasteiger partial charge is 0.378 e. The van der Waals surface area contributed by atoms with Crippen molar-refractivity contribution < 1.29 is 9.53 Å². The van der Waals surface area contributed by atoms with Gasteiger partial charge in [-0.05, 0) is 51.4 Å². The number of nitrogens with zero attached hydrogens (tertiary/aromatic N) is 1. The van der Waals surface area contributed by atoms with Crippen LogP contribution < -0.4 is 0 Å². The van der Waals surface area contributed by atoms with Crippen molar-refractivity contribution in [3.63, 3.8) is 0 Å². The third-order valence-corrected chi connectivity index (χ3v) is 4.69. The molecule has 2 fully saturated rings. The summed E-state index contributed by atoms with van der Waals surface area (Å²) in [7, 11) is 0. The number of amides is 1. The fraction of sp³-hybridized carbons (Fsp3) is 0.933. The van der Waals surface area contributed by atoms with Crippen LogP contribution in [0.25, 0.3) is 0 Å². The van der Waals surface area contributed by atoms with Crippen LogP contribution in [0.3, 0.4) is 0 Å². The van der Waals surface area contributed by atoms with Crippen molar-refractivity contribution in [2.75, 3.05) is 19.0 Å². The maximum atomic E-state index is 12.4. The monoisotopic (exact) mass is 287 g/mol. The molecule has 0 atom stereocenters. The number of hydrogen-bond donors (Lipinski definition) is 0. The van der Waals surface area contributed by atoms with E-state index in [2.05, 4.69) is 4.90 Å². The quantitative estimate of drug-likeness (QED) is 0.642. The lowest BCUT2D eigenvalue weighted by Gasteiger charge is -2.40. The van der Waals surface area contributed by atoms with E-state index in [9.17, 15) is 4.79 Å². The zero-order chi connectivity index (χ0) is 13.7. The van der Waals surface area contributed by atoms with Crippen LogP contribution in [0.5, 0.6) is 0 Å². The van der Waals surface area contributed by atoms with Gasteiger partial charge in [-0.1, -0.05) is 0 Å². The van der Waals surface area contributed by atoms with Gasteiger partial charge in [0.25, 0.3) is 0 Å². The van der Waals surface area contributed by atoms with Gasteiger partial charge in [-0.2, -0.15) is 0 Å². The Kier molecular flexibility index (Phi) is 5.96. The van der Waals surface area contributed by atoms with E-state index < -0.39 is 0 Å². The molecular formula is C15H26ClNO2. The average Bonchev–Trinajstić information content (AvgIpc) is 2.29. The molecule has 19 heavy (non-hydrogen) atoms. The molecule has 3 nitrogen and oxygen atoms in total. The van der Waals surface area contributed by atoms with Gasteiger partial charge in [0.15, 0.2) is 0 Å². The molecule has 0 radical (unpaired) electrons. The highest BCUT2D eigenvalue weighted by Crippen LogP contribution is 2.34. The highest BCUT2D eigenvalue weighted by Gasteiger charge is 2.34. The standard InChI is InChI=1S/C15H26ClNO2/c1-2-19-14-9-12(10-14)11-15(18)17(8-4-7-16)13-5-3-6-13/h12-14H,2-11H2,1H3. The fourth-order valence-corrected chi connectivity index (χ4v) is 3.14. The summed E-state index contributed by atoms with van der Waals surface area (Å²) in [5.74, 6) is 1.53. The summed E-state index contributed by atoms with van der Waals surface area (Å²) in [4.78, 5) is 14.5. The van der Waals surface area contributed by atoms with E-state index in [4.69, 9.17) is 16.3 Å². The first-order chi connectivity index (χ1) is 9.24. The van der Waals surface area contributed by atoms with Gasteiger partial charge in [-0.15, -0.1) is 11.6 Å². The highest BCUT2D eigenvalue weighted by atomic mass is 35.5. The maximum absolute atomic E-state index is 12.4. The van der Waals surface area contributed by atoms with Crippen molar-refractivity contribution in [3.8, 4) is 0 Å². The first-order valence-corrected chi connectivity index (χ1v) is 8.25. The Hall–Kier alpha value is -0.280. The Labute approximate surface area is 121 Å². The Morgan fingerprint density at radius 2 is 2.11 bits per heavy atom. The van der Waals surface area contributed by atoms with E-state index in [1.807, 2.05) is 6.92 Å². The number of halogens is 1.